The predicted octanol–water partition coefficient (Wildman–Crippen LogP) is 3.35. The van der Waals surface area contributed by atoms with E-state index in [1.165, 1.54) is 10.3 Å². The number of halogens is 1. The molecule has 1 fully saturated rings. The van der Waals surface area contributed by atoms with Gasteiger partial charge in [-0.1, -0.05) is 31.4 Å². The van der Waals surface area contributed by atoms with Gasteiger partial charge in [-0.2, -0.15) is 5.10 Å². The monoisotopic (exact) mass is 406 g/mol. The molecule has 1 aromatic heterocycles. The molecule has 2 rings (SSSR count). The van der Waals surface area contributed by atoms with Crippen molar-refractivity contribution in [3.63, 3.8) is 0 Å². The van der Waals surface area contributed by atoms with Crippen molar-refractivity contribution in [1.82, 2.24) is 14.7 Å². The molecule has 5 nitrogen and oxygen atoms in total. The Labute approximate surface area is 158 Å². The van der Waals surface area contributed by atoms with E-state index in [1.807, 2.05) is 18.2 Å². The van der Waals surface area contributed by atoms with Crippen LogP contribution in [0.4, 0.5) is 5.69 Å². The number of nitrogens with one attached hydrogen (secondary N) is 1. The van der Waals surface area contributed by atoms with Crippen LogP contribution >= 0.6 is 15.9 Å². The third kappa shape index (κ3) is 4.70. The van der Waals surface area contributed by atoms with Crippen LogP contribution in [-0.2, 0) is 7.05 Å². The molecule has 0 aliphatic carbocycles. The van der Waals surface area contributed by atoms with Crippen molar-refractivity contribution >= 4 is 21.6 Å². The maximum Gasteiger partial charge on any atom is 0.282 e. The number of nitrogens with zero attached hydrogens (tertiary/aromatic N) is 3. The highest BCUT2D eigenvalue weighted by Crippen LogP contribution is 2.28. The van der Waals surface area contributed by atoms with Crippen molar-refractivity contribution in [2.45, 2.75) is 32.4 Å². The zero-order valence-corrected chi connectivity index (χ0v) is 16.8. The van der Waals surface area contributed by atoms with Crippen LogP contribution in [0.5, 0.6) is 0 Å². The van der Waals surface area contributed by atoms with Crippen LogP contribution in [0.25, 0.3) is 0 Å². The van der Waals surface area contributed by atoms with Crippen LogP contribution in [-0.4, -0.2) is 39.9 Å². The molecule has 1 N–H and O–H groups in total. The fraction of sp³-hybridized carbons (Fsp3) is 0.474. The van der Waals surface area contributed by atoms with E-state index in [-0.39, 0.29) is 11.6 Å². The summed E-state index contributed by atoms with van der Waals surface area (Å²) in [7, 11) is 1.64. The van der Waals surface area contributed by atoms with E-state index in [0.717, 1.165) is 25.2 Å². The molecule has 0 bridgehead atoms. The number of hydrogen-bond donors (Lipinski definition) is 1. The molecular weight excluding hydrogens is 380 g/mol. The Morgan fingerprint density at radius 2 is 2.16 bits per heavy atom. The minimum absolute atomic E-state index is 0.142. The van der Waals surface area contributed by atoms with Crippen LogP contribution in [0.2, 0.25) is 0 Å². The molecule has 1 aromatic rings. The Bertz CT molecular complexity index is 723. The number of allylic oxidation sites excluding steroid dienone is 3. The quantitative estimate of drug-likeness (QED) is 0.735. The van der Waals surface area contributed by atoms with E-state index in [0.29, 0.717) is 16.4 Å². The summed E-state index contributed by atoms with van der Waals surface area (Å²) in [5, 5.41) is 7.62. The molecule has 6 heteroatoms. The third-order valence-corrected chi connectivity index (χ3v) is 5.43. The Morgan fingerprint density at radius 3 is 2.76 bits per heavy atom. The second kappa shape index (κ2) is 8.63. The summed E-state index contributed by atoms with van der Waals surface area (Å²) >= 11 is 3.39. The number of hydrogen-bond acceptors (Lipinski definition) is 4. The zero-order chi connectivity index (χ0) is 18.6. The second-order valence-corrected chi connectivity index (χ2v) is 7.52. The summed E-state index contributed by atoms with van der Waals surface area (Å²) in [4.78, 5) is 14.5. The minimum atomic E-state index is -0.142. The number of piperidine rings is 1. The van der Waals surface area contributed by atoms with Gasteiger partial charge in [0.15, 0.2) is 0 Å². The fourth-order valence-corrected chi connectivity index (χ4v) is 3.71. The summed E-state index contributed by atoms with van der Waals surface area (Å²) < 4.78 is 1.84. The van der Waals surface area contributed by atoms with Crippen LogP contribution in [0.1, 0.15) is 20.3 Å². The molecule has 2 heterocycles. The summed E-state index contributed by atoms with van der Waals surface area (Å²) in [5.74, 6) is 0.377. The smallest absolute Gasteiger partial charge is 0.282 e. The van der Waals surface area contributed by atoms with Gasteiger partial charge in [0.25, 0.3) is 5.56 Å². The minimum Gasteiger partial charge on any atom is -0.379 e. The molecule has 25 heavy (non-hydrogen) atoms. The normalized spacial score (nSPS) is 22.0. The fourth-order valence-electron chi connectivity index (χ4n) is 3.24. The zero-order valence-electron chi connectivity index (χ0n) is 15.2. The SMILES string of the molecule is C=C/C=C(\C=C)C1CC(Nc2cnn(C)c(=O)c2Br)CN(C(C)C)C1. The molecule has 0 amide bonds. The van der Waals surface area contributed by atoms with Gasteiger partial charge < -0.3 is 5.32 Å². The third-order valence-electron chi connectivity index (χ3n) is 4.66. The first kappa shape index (κ1) is 19.7. The molecule has 136 valence electrons. The van der Waals surface area contributed by atoms with Crippen molar-refractivity contribution in [3.05, 3.63) is 58.0 Å². The second-order valence-electron chi connectivity index (χ2n) is 6.73. The van der Waals surface area contributed by atoms with Crippen molar-refractivity contribution in [1.29, 1.82) is 0 Å². The topological polar surface area (TPSA) is 50.2 Å². The van der Waals surface area contributed by atoms with Crippen molar-refractivity contribution < 1.29 is 0 Å². The van der Waals surface area contributed by atoms with Gasteiger partial charge in [0, 0.05) is 32.2 Å². The molecule has 1 aliphatic heterocycles. The van der Waals surface area contributed by atoms with Crippen LogP contribution in [0, 0.1) is 5.92 Å². The molecular formula is C19H27BrN4O. The number of anilines is 1. The predicted molar refractivity (Wildman–Crippen MR) is 108 cm³/mol. The molecule has 2 unspecified atom stereocenters. The number of likely N-dealkylation sites (tertiary alicyclic amines) is 1. The molecule has 0 saturated carbocycles. The van der Waals surface area contributed by atoms with Gasteiger partial charge in [0.2, 0.25) is 0 Å². The average molecular weight is 407 g/mol. The molecule has 0 radical (unpaired) electrons. The molecule has 0 spiro atoms. The van der Waals surface area contributed by atoms with Gasteiger partial charge in [-0.05, 0) is 47.7 Å². The van der Waals surface area contributed by atoms with E-state index in [9.17, 15) is 4.79 Å². The lowest BCUT2D eigenvalue weighted by atomic mass is 9.86. The van der Waals surface area contributed by atoms with Gasteiger partial charge in [0.1, 0.15) is 4.47 Å². The lowest BCUT2D eigenvalue weighted by molar-refractivity contribution is 0.145. The summed E-state index contributed by atoms with van der Waals surface area (Å²) in [6, 6.07) is 0.673. The lowest BCUT2D eigenvalue weighted by Crippen LogP contribution is -2.49. The maximum absolute atomic E-state index is 12.1. The summed E-state index contributed by atoms with van der Waals surface area (Å²) in [6.45, 7) is 14.1. The average Bonchev–Trinajstić information content (AvgIpc) is 2.59. The highest BCUT2D eigenvalue weighted by molar-refractivity contribution is 9.10. The maximum atomic E-state index is 12.1. The van der Waals surface area contributed by atoms with E-state index >= 15 is 0 Å². The molecule has 0 aromatic carbocycles. The molecule has 1 aliphatic rings. The van der Waals surface area contributed by atoms with E-state index in [4.69, 9.17) is 0 Å². The molecule has 1 saturated heterocycles. The van der Waals surface area contributed by atoms with Gasteiger partial charge >= 0.3 is 0 Å². The van der Waals surface area contributed by atoms with Gasteiger partial charge in [-0.25, -0.2) is 4.68 Å². The largest absolute Gasteiger partial charge is 0.379 e. The van der Waals surface area contributed by atoms with Crippen molar-refractivity contribution in [3.8, 4) is 0 Å². The Kier molecular flexibility index (Phi) is 6.79. The first-order valence-electron chi connectivity index (χ1n) is 8.54. The standard InChI is InChI=1S/C19H27BrN4O/c1-6-8-14(7-2)15-9-16(12-24(11-15)13(3)4)22-17-10-21-23(5)19(25)18(17)20/h6-8,10,13,15-16,22H,1-2,9,11-12H2,3-5H3/b14-8+. The van der Waals surface area contributed by atoms with Crippen LogP contribution in [0.15, 0.2) is 52.4 Å². The van der Waals surface area contributed by atoms with Crippen molar-refractivity contribution in [2.75, 3.05) is 18.4 Å². The summed E-state index contributed by atoms with van der Waals surface area (Å²) in [6.07, 6.45) is 8.44. The number of aromatic nitrogens is 2. The van der Waals surface area contributed by atoms with Gasteiger partial charge in [-0.15, -0.1) is 0 Å². The highest BCUT2D eigenvalue weighted by Gasteiger charge is 2.30. The number of rotatable bonds is 6. The Morgan fingerprint density at radius 1 is 1.44 bits per heavy atom. The number of aryl methyl sites for hydroxylation is 1. The van der Waals surface area contributed by atoms with Crippen LogP contribution < -0.4 is 10.9 Å². The van der Waals surface area contributed by atoms with Gasteiger partial charge in [-0.3, -0.25) is 9.69 Å². The highest BCUT2D eigenvalue weighted by atomic mass is 79.9. The lowest BCUT2D eigenvalue weighted by Gasteiger charge is -2.41. The first-order valence-corrected chi connectivity index (χ1v) is 9.34. The van der Waals surface area contributed by atoms with Gasteiger partial charge in [0.05, 0.1) is 11.9 Å². The van der Waals surface area contributed by atoms with Crippen molar-refractivity contribution in [2.24, 2.45) is 13.0 Å². The Hall–Kier alpha value is -1.66. The first-order chi connectivity index (χ1) is 11.9. The van der Waals surface area contributed by atoms with Crippen LogP contribution in [0.3, 0.4) is 0 Å². The Balaban J connectivity index is 2.25. The molecule has 2 atom stereocenters. The van der Waals surface area contributed by atoms with E-state index < -0.39 is 0 Å². The van der Waals surface area contributed by atoms with E-state index in [1.54, 1.807) is 13.2 Å². The summed E-state index contributed by atoms with van der Waals surface area (Å²) in [5.41, 5.74) is 1.80. The van der Waals surface area contributed by atoms with E-state index in [2.05, 4.69) is 58.3 Å².